The zero-order valence-electron chi connectivity index (χ0n) is 13.1. The maximum atomic E-state index is 12.8. The summed E-state index contributed by atoms with van der Waals surface area (Å²) < 4.78 is 0. The average molecular weight is 325 g/mol. The first-order valence-electron chi connectivity index (χ1n) is 7.55. The first-order valence-corrected chi connectivity index (χ1v) is 7.93. The number of aryl methyl sites for hydroxylation is 1. The van der Waals surface area contributed by atoms with E-state index < -0.39 is 0 Å². The number of rotatable bonds is 3. The molecule has 2 aromatic rings. The minimum Gasteiger partial charge on any atom is -0.314 e. The third-order valence-corrected chi connectivity index (χ3v) is 4.70. The van der Waals surface area contributed by atoms with Crippen molar-refractivity contribution in [3.8, 4) is 6.07 Å². The SMILES string of the molecule is Cc1ccccc1[C@@H]1C[C@H]1C(=O)N(C)c1cc(Cl)ccc1C#N. The van der Waals surface area contributed by atoms with E-state index in [-0.39, 0.29) is 17.7 Å². The van der Waals surface area contributed by atoms with Gasteiger partial charge < -0.3 is 4.90 Å². The summed E-state index contributed by atoms with van der Waals surface area (Å²) >= 11 is 6.02. The van der Waals surface area contributed by atoms with E-state index in [0.29, 0.717) is 16.3 Å². The monoisotopic (exact) mass is 324 g/mol. The molecule has 0 aromatic heterocycles. The van der Waals surface area contributed by atoms with Gasteiger partial charge in [-0.25, -0.2) is 0 Å². The van der Waals surface area contributed by atoms with Gasteiger partial charge in [0.2, 0.25) is 5.91 Å². The van der Waals surface area contributed by atoms with Crippen LogP contribution >= 0.6 is 11.6 Å². The zero-order valence-corrected chi connectivity index (χ0v) is 13.8. The molecule has 0 N–H and O–H groups in total. The molecule has 1 fully saturated rings. The Labute approximate surface area is 141 Å². The molecular weight excluding hydrogens is 308 g/mol. The molecule has 0 heterocycles. The molecule has 1 amide bonds. The maximum absolute atomic E-state index is 12.8. The van der Waals surface area contributed by atoms with Gasteiger partial charge >= 0.3 is 0 Å². The van der Waals surface area contributed by atoms with Crippen LogP contribution < -0.4 is 4.90 Å². The molecule has 1 aliphatic carbocycles. The fourth-order valence-corrected chi connectivity index (χ4v) is 3.23. The molecule has 2 aromatic carbocycles. The number of benzene rings is 2. The van der Waals surface area contributed by atoms with Gasteiger partial charge in [0, 0.05) is 18.0 Å². The number of carbonyl (C=O) groups excluding carboxylic acids is 1. The Morgan fingerprint density at radius 2 is 2.04 bits per heavy atom. The van der Waals surface area contributed by atoms with Gasteiger partial charge in [-0.3, -0.25) is 4.79 Å². The second-order valence-electron chi connectivity index (χ2n) is 5.98. The van der Waals surface area contributed by atoms with Crippen LogP contribution in [0.5, 0.6) is 0 Å². The second kappa shape index (κ2) is 6.06. The van der Waals surface area contributed by atoms with E-state index in [1.807, 2.05) is 12.1 Å². The van der Waals surface area contributed by atoms with Gasteiger partial charge in [0.05, 0.1) is 11.3 Å². The molecule has 0 unspecified atom stereocenters. The van der Waals surface area contributed by atoms with Crippen LogP contribution in [-0.2, 0) is 4.79 Å². The summed E-state index contributed by atoms with van der Waals surface area (Å²) in [7, 11) is 1.71. The molecule has 0 spiro atoms. The summed E-state index contributed by atoms with van der Waals surface area (Å²) in [5, 5.41) is 9.75. The predicted molar refractivity (Wildman–Crippen MR) is 91.6 cm³/mol. The lowest BCUT2D eigenvalue weighted by Crippen LogP contribution is -2.29. The molecule has 0 saturated heterocycles. The standard InChI is InChI=1S/C19H17ClN2O/c1-12-5-3-4-6-15(12)16-10-17(16)19(23)22(2)18-9-14(20)8-7-13(18)11-21/h3-9,16-17H,10H2,1-2H3/t16-,17+/m0/s1. The number of amides is 1. The Morgan fingerprint density at radius 3 is 2.74 bits per heavy atom. The van der Waals surface area contributed by atoms with Gasteiger partial charge in [0.25, 0.3) is 0 Å². The van der Waals surface area contributed by atoms with E-state index >= 15 is 0 Å². The summed E-state index contributed by atoms with van der Waals surface area (Å²) in [5.41, 5.74) is 3.49. The summed E-state index contributed by atoms with van der Waals surface area (Å²) in [4.78, 5) is 14.3. The van der Waals surface area contributed by atoms with Crippen LogP contribution in [0.4, 0.5) is 5.69 Å². The van der Waals surface area contributed by atoms with E-state index in [9.17, 15) is 10.1 Å². The first kappa shape index (κ1) is 15.6. The Balaban J connectivity index is 1.82. The van der Waals surface area contributed by atoms with Crippen LogP contribution in [0, 0.1) is 24.2 Å². The van der Waals surface area contributed by atoms with Crippen molar-refractivity contribution in [1.29, 1.82) is 5.26 Å². The van der Waals surface area contributed by atoms with Crippen LogP contribution in [0.25, 0.3) is 0 Å². The predicted octanol–water partition coefficient (Wildman–Crippen LogP) is 4.29. The lowest BCUT2D eigenvalue weighted by Gasteiger charge is -2.19. The zero-order chi connectivity index (χ0) is 16.6. The third-order valence-electron chi connectivity index (χ3n) is 4.47. The molecule has 0 aliphatic heterocycles. The van der Waals surface area contributed by atoms with Crippen molar-refractivity contribution < 1.29 is 4.79 Å². The topological polar surface area (TPSA) is 44.1 Å². The lowest BCUT2D eigenvalue weighted by atomic mass is 10.0. The van der Waals surface area contributed by atoms with Crippen molar-refractivity contribution in [2.24, 2.45) is 5.92 Å². The molecule has 1 aliphatic rings. The summed E-state index contributed by atoms with van der Waals surface area (Å²) in [6, 6.07) is 15.3. The van der Waals surface area contributed by atoms with E-state index in [1.165, 1.54) is 11.1 Å². The number of nitrogens with zero attached hydrogens (tertiary/aromatic N) is 2. The number of hydrogen-bond donors (Lipinski definition) is 0. The average Bonchev–Trinajstić information content (AvgIpc) is 3.34. The normalized spacial score (nSPS) is 19.0. The van der Waals surface area contributed by atoms with Gasteiger partial charge in [-0.2, -0.15) is 5.26 Å². The summed E-state index contributed by atoms with van der Waals surface area (Å²) in [6.45, 7) is 2.07. The number of carbonyl (C=O) groups is 1. The minimum atomic E-state index is -0.0216. The number of halogens is 1. The van der Waals surface area contributed by atoms with Crippen LogP contribution in [0.1, 0.15) is 29.0 Å². The quantitative estimate of drug-likeness (QED) is 0.845. The van der Waals surface area contributed by atoms with E-state index in [1.54, 1.807) is 30.1 Å². The number of anilines is 1. The number of hydrogen-bond acceptors (Lipinski definition) is 2. The molecular formula is C19H17ClN2O. The Morgan fingerprint density at radius 1 is 1.30 bits per heavy atom. The Hall–Kier alpha value is -2.31. The summed E-state index contributed by atoms with van der Waals surface area (Å²) in [5.74, 6) is 0.291. The van der Waals surface area contributed by atoms with Gasteiger partial charge in [0.1, 0.15) is 6.07 Å². The fraction of sp³-hybridized carbons (Fsp3) is 0.263. The minimum absolute atomic E-state index is 0.0216. The largest absolute Gasteiger partial charge is 0.314 e. The van der Waals surface area contributed by atoms with Crippen molar-refractivity contribution in [3.05, 3.63) is 64.2 Å². The second-order valence-corrected chi connectivity index (χ2v) is 6.41. The number of nitriles is 1. The van der Waals surface area contributed by atoms with Crippen molar-refractivity contribution in [3.63, 3.8) is 0 Å². The highest BCUT2D eigenvalue weighted by Crippen LogP contribution is 2.49. The maximum Gasteiger partial charge on any atom is 0.230 e. The molecule has 3 rings (SSSR count). The van der Waals surface area contributed by atoms with E-state index in [4.69, 9.17) is 11.6 Å². The van der Waals surface area contributed by atoms with Gasteiger partial charge in [0.15, 0.2) is 0 Å². The Bertz CT molecular complexity index is 809. The molecule has 0 bridgehead atoms. The van der Waals surface area contributed by atoms with Crippen molar-refractivity contribution in [2.75, 3.05) is 11.9 Å². The van der Waals surface area contributed by atoms with Crippen molar-refractivity contribution >= 4 is 23.2 Å². The van der Waals surface area contributed by atoms with Crippen LogP contribution in [0.2, 0.25) is 5.02 Å². The fourth-order valence-electron chi connectivity index (χ4n) is 3.06. The lowest BCUT2D eigenvalue weighted by molar-refractivity contribution is -0.119. The third kappa shape index (κ3) is 2.95. The molecule has 2 atom stereocenters. The molecule has 23 heavy (non-hydrogen) atoms. The summed E-state index contributed by atoms with van der Waals surface area (Å²) in [6.07, 6.45) is 0.858. The van der Waals surface area contributed by atoms with Crippen LogP contribution in [-0.4, -0.2) is 13.0 Å². The molecule has 3 nitrogen and oxygen atoms in total. The highest BCUT2D eigenvalue weighted by Gasteiger charge is 2.46. The van der Waals surface area contributed by atoms with Crippen LogP contribution in [0.3, 0.4) is 0 Å². The Kier molecular flexibility index (Phi) is 4.11. The van der Waals surface area contributed by atoms with Crippen LogP contribution in [0.15, 0.2) is 42.5 Å². The highest BCUT2D eigenvalue weighted by atomic mass is 35.5. The van der Waals surface area contributed by atoms with E-state index in [0.717, 1.165) is 6.42 Å². The van der Waals surface area contributed by atoms with Gasteiger partial charge in [-0.05, 0) is 48.6 Å². The smallest absolute Gasteiger partial charge is 0.230 e. The van der Waals surface area contributed by atoms with Crippen molar-refractivity contribution in [2.45, 2.75) is 19.3 Å². The molecule has 4 heteroatoms. The molecule has 116 valence electrons. The first-order chi connectivity index (χ1) is 11.0. The van der Waals surface area contributed by atoms with Gasteiger partial charge in [-0.15, -0.1) is 0 Å². The molecule has 0 radical (unpaired) electrons. The highest BCUT2D eigenvalue weighted by molar-refractivity contribution is 6.31. The van der Waals surface area contributed by atoms with Gasteiger partial charge in [-0.1, -0.05) is 35.9 Å². The van der Waals surface area contributed by atoms with Crippen molar-refractivity contribution in [1.82, 2.24) is 0 Å². The van der Waals surface area contributed by atoms with E-state index in [2.05, 4.69) is 25.1 Å². The molecule has 1 saturated carbocycles.